The molecule has 0 heterocycles. The van der Waals surface area contributed by atoms with Gasteiger partial charge in [0.1, 0.15) is 0 Å². The Morgan fingerprint density at radius 1 is 1.43 bits per heavy atom. The van der Waals surface area contributed by atoms with Gasteiger partial charge in [-0.25, -0.2) is 0 Å². The highest BCUT2D eigenvalue weighted by Gasteiger charge is 1.95. The standard InChI is InChI=1S/C11H12ClNO/c1-2-11(14)13-8-7-9-3-5-10(12)6-4-9/h2-6H,1,7-8H2,(H,13,14). The van der Waals surface area contributed by atoms with Crippen LogP contribution in [0.2, 0.25) is 5.02 Å². The van der Waals surface area contributed by atoms with Gasteiger partial charge < -0.3 is 5.32 Å². The highest BCUT2D eigenvalue weighted by atomic mass is 35.5. The van der Waals surface area contributed by atoms with Gasteiger partial charge in [0.2, 0.25) is 5.91 Å². The Morgan fingerprint density at radius 3 is 2.64 bits per heavy atom. The van der Waals surface area contributed by atoms with Gasteiger partial charge in [-0.2, -0.15) is 0 Å². The first-order valence-corrected chi connectivity index (χ1v) is 4.75. The maximum absolute atomic E-state index is 10.8. The normalized spacial score (nSPS) is 9.50. The number of hydrogen-bond acceptors (Lipinski definition) is 1. The number of carbonyl (C=O) groups is 1. The molecule has 1 aromatic rings. The molecule has 2 nitrogen and oxygen atoms in total. The molecule has 0 aliphatic heterocycles. The molecule has 1 amide bonds. The predicted molar refractivity (Wildman–Crippen MR) is 58.4 cm³/mol. The average Bonchev–Trinajstić information content (AvgIpc) is 2.21. The number of hydrogen-bond donors (Lipinski definition) is 1. The van der Waals surface area contributed by atoms with Crippen molar-refractivity contribution in [1.82, 2.24) is 5.32 Å². The van der Waals surface area contributed by atoms with Crippen LogP contribution in [0, 0.1) is 0 Å². The summed E-state index contributed by atoms with van der Waals surface area (Å²) < 4.78 is 0. The van der Waals surface area contributed by atoms with Crippen LogP contribution in [0.25, 0.3) is 0 Å². The lowest BCUT2D eigenvalue weighted by molar-refractivity contribution is -0.116. The second kappa shape index (κ2) is 5.45. The summed E-state index contributed by atoms with van der Waals surface area (Å²) >= 11 is 5.74. The lowest BCUT2D eigenvalue weighted by Crippen LogP contribution is -2.23. The summed E-state index contributed by atoms with van der Waals surface area (Å²) in [5.74, 6) is -0.140. The number of benzene rings is 1. The molecule has 0 radical (unpaired) electrons. The molecule has 0 saturated heterocycles. The van der Waals surface area contributed by atoms with Crippen molar-refractivity contribution in [2.24, 2.45) is 0 Å². The fraction of sp³-hybridized carbons (Fsp3) is 0.182. The molecule has 1 aromatic carbocycles. The summed E-state index contributed by atoms with van der Waals surface area (Å²) in [6.07, 6.45) is 2.07. The second-order valence-corrected chi connectivity index (χ2v) is 3.31. The van der Waals surface area contributed by atoms with Crippen LogP contribution in [0.1, 0.15) is 5.56 Å². The van der Waals surface area contributed by atoms with E-state index in [2.05, 4.69) is 11.9 Å². The summed E-state index contributed by atoms with van der Waals surface area (Å²) in [7, 11) is 0. The third-order valence-electron chi connectivity index (χ3n) is 1.81. The summed E-state index contributed by atoms with van der Waals surface area (Å²) in [6, 6.07) is 7.57. The molecule has 0 saturated carbocycles. The van der Waals surface area contributed by atoms with Crippen molar-refractivity contribution >= 4 is 17.5 Å². The Kier molecular flexibility index (Phi) is 4.20. The summed E-state index contributed by atoms with van der Waals surface area (Å²) in [4.78, 5) is 10.8. The van der Waals surface area contributed by atoms with Crippen LogP contribution in [0.5, 0.6) is 0 Å². The first-order chi connectivity index (χ1) is 6.72. The molecular weight excluding hydrogens is 198 g/mol. The van der Waals surface area contributed by atoms with Crippen molar-refractivity contribution in [3.05, 3.63) is 47.5 Å². The van der Waals surface area contributed by atoms with E-state index in [1.54, 1.807) is 0 Å². The minimum atomic E-state index is -0.140. The van der Waals surface area contributed by atoms with Crippen LogP contribution in [-0.4, -0.2) is 12.5 Å². The number of rotatable bonds is 4. The van der Waals surface area contributed by atoms with Crippen molar-refractivity contribution < 1.29 is 4.79 Å². The molecule has 3 heteroatoms. The van der Waals surface area contributed by atoms with E-state index < -0.39 is 0 Å². The van der Waals surface area contributed by atoms with Crippen LogP contribution in [0.15, 0.2) is 36.9 Å². The maximum Gasteiger partial charge on any atom is 0.243 e. The molecule has 0 aromatic heterocycles. The van der Waals surface area contributed by atoms with Crippen LogP contribution in [-0.2, 0) is 11.2 Å². The van der Waals surface area contributed by atoms with Gasteiger partial charge in [0.05, 0.1) is 0 Å². The lowest BCUT2D eigenvalue weighted by atomic mass is 10.1. The molecular formula is C11H12ClNO. The zero-order chi connectivity index (χ0) is 10.4. The third kappa shape index (κ3) is 3.62. The highest BCUT2D eigenvalue weighted by molar-refractivity contribution is 6.30. The van der Waals surface area contributed by atoms with Gasteiger partial charge in [-0.15, -0.1) is 0 Å². The Hall–Kier alpha value is -1.28. The molecule has 14 heavy (non-hydrogen) atoms. The van der Waals surface area contributed by atoms with Crippen molar-refractivity contribution in [3.8, 4) is 0 Å². The van der Waals surface area contributed by atoms with E-state index in [4.69, 9.17) is 11.6 Å². The van der Waals surface area contributed by atoms with Crippen molar-refractivity contribution in [3.63, 3.8) is 0 Å². The van der Waals surface area contributed by atoms with E-state index in [1.165, 1.54) is 6.08 Å². The summed E-state index contributed by atoms with van der Waals surface area (Å²) in [5, 5.41) is 3.43. The van der Waals surface area contributed by atoms with Gasteiger partial charge in [0.25, 0.3) is 0 Å². The molecule has 0 unspecified atom stereocenters. The Bertz CT molecular complexity index is 319. The average molecular weight is 210 g/mol. The fourth-order valence-corrected chi connectivity index (χ4v) is 1.18. The van der Waals surface area contributed by atoms with Crippen molar-refractivity contribution in [2.75, 3.05) is 6.54 Å². The number of carbonyl (C=O) groups excluding carboxylic acids is 1. The Morgan fingerprint density at radius 2 is 2.07 bits per heavy atom. The van der Waals surface area contributed by atoms with Gasteiger partial charge in [-0.1, -0.05) is 30.3 Å². The smallest absolute Gasteiger partial charge is 0.243 e. The topological polar surface area (TPSA) is 29.1 Å². The molecule has 0 aliphatic carbocycles. The zero-order valence-electron chi connectivity index (χ0n) is 7.79. The van der Waals surface area contributed by atoms with Crippen LogP contribution in [0.4, 0.5) is 0 Å². The number of amides is 1. The second-order valence-electron chi connectivity index (χ2n) is 2.87. The van der Waals surface area contributed by atoms with Crippen LogP contribution >= 0.6 is 11.6 Å². The van der Waals surface area contributed by atoms with Crippen molar-refractivity contribution in [2.45, 2.75) is 6.42 Å². The summed E-state index contributed by atoms with van der Waals surface area (Å²) in [5.41, 5.74) is 1.15. The molecule has 0 spiro atoms. The van der Waals surface area contributed by atoms with Gasteiger partial charge >= 0.3 is 0 Å². The lowest BCUT2D eigenvalue weighted by Gasteiger charge is -2.02. The van der Waals surface area contributed by atoms with Gasteiger partial charge in [-0.05, 0) is 30.2 Å². The minimum Gasteiger partial charge on any atom is -0.352 e. The first kappa shape index (κ1) is 10.8. The Balaban J connectivity index is 2.35. The van der Waals surface area contributed by atoms with Gasteiger partial charge in [0, 0.05) is 11.6 Å². The number of nitrogens with one attached hydrogen (secondary N) is 1. The molecule has 0 atom stereocenters. The maximum atomic E-state index is 10.8. The van der Waals surface area contributed by atoms with Crippen molar-refractivity contribution in [1.29, 1.82) is 0 Å². The fourth-order valence-electron chi connectivity index (χ4n) is 1.05. The zero-order valence-corrected chi connectivity index (χ0v) is 8.55. The highest BCUT2D eigenvalue weighted by Crippen LogP contribution is 2.09. The molecule has 0 fully saturated rings. The minimum absolute atomic E-state index is 0.140. The Labute approximate surface area is 88.6 Å². The third-order valence-corrected chi connectivity index (χ3v) is 2.06. The monoisotopic (exact) mass is 209 g/mol. The van der Waals surface area contributed by atoms with E-state index >= 15 is 0 Å². The quantitative estimate of drug-likeness (QED) is 0.757. The first-order valence-electron chi connectivity index (χ1n) is 4.37. The SMILES string of the molecule is C=CC(=O)NCCc1ccc(Cl)cc1. The van der Waals surface area contributed by atoms with E-state index in [0.717, 1.165) is 17.0 Å². The molecule has 74 valence electrons. The van der Waals surface area contributed by atoms with E-state index in [9.17, 15) is 4.79 Å². The van der Waals surface area contributed by atoms with E-state index in [1.807, 2.05) is 24.3 Å². The van der Waals surface area contributed by atoms with Crippen LogP contribution < -0.4 is 5.32 Å². The predicted octanol–water partition coefficient (Wildman–Crippen LogP) is 2.18. The van der Waals surface area contributed by atoms with E-state index in [-0.39, 0.29) is 5.91 Å². The molecule has 0 bridgehead atoms. The number of halogens is 1. The molecule has 0 aliphatic rings. The summed E-state index contributed by atoms with van der Waals surface area (Å²) in [6.45, 7) is 3.99. The van der Waals surface area contributed by atoms with Gasteiger partial charge in [-0.3, -0.25) is 4.79 Å². The largest absolute Gasteiger partial charge is 0.352 e. The van der Waals surface area contributed by atoms with E-state index in [0.29, 0.717) is 6.54 Å². The molecule has 1 rings (SSSR count). The van der Waals surface area contributed by atoms with Gasteiger partial charge in [0.15, 0.2) is 0 Å². The molecule has 1 N–H and O–H groups in total. The van der Waals surface area contributed by atoms with Crippen LogP contribution in [0.3, 0.4) is 0 Å².